The van der Waals surface area contributed by atoms with E-state index in [2.05, 4.69) is 25.4 Å². The van der Waals surface area contributed by atoms with Gasteiger partial charge in [-0.3, -0.25) is 5.10 Å². The summed E-state index contributed by atoms with van der Waals surface area (Å²) in [6.07, 6.45) is 1.14. The van der Waals surface area contributed by atoms with E-state index >= 15 is 0 Å². The Bertz CT molecular complexity index is 1280. The molecule has 0 amide bonds. The first kappa shape index (κ1) is 18.0. The van der Waals surface area contributed by atoms with E-state index in [1.807, 2.05) is 74.5 Å². The monoisotopic (exact) mass is 397 g/mol. The van der Waals surface area contributed by atoms with Crippen LogP contribution in [0, 0.1) is 6.92 Å². The number of aromatic amines is 1. The van der Waals surface area contributed by atoms with Gasteiger partial charge in [-0.05, 0) is 25.5 Å². The van der Waals surface area contributed by atoms with Crippen molar-refractivity contribution in [2.45, 2.75) is 20.0 Å². The van der Waals surface area contributed by atoms with Crippen LogP contribution >= 0.6 is 0 Å². The number of ether oxygens (including phenoxy) is 1. The average Bonchev–Trinajstić information content (AvgIpc) is 3.45. The van der Waals surface area contributed by atoms with Crippen molar-refractivity contribution in [3.05, 3.63) is 78.4 Å². The topological polar surface area (TPSA) is 93.9 Å². The molecule has 0 aliphatic heterocycles. The fourth-order valence-electron chi connectivity index (χ4n) is 3.25. The van der Waals surface area contributed by atoms with Crippen LogP contribution in [0.1, 0.15) is 24.4 Å². The number of benzene rings is 2. The molecule has 5 rings (SSSR count). The molecule has 0 fully saturated rings. The van der Waals surface area contributed by atoms with Crippen molar-refractivity contribution < 1.29 is 4.74 Å². The van der Waals surface area contributed by atoms with Gasteiger partial charge >= 0.3 is 0 Å². The normalized spacial score (nSPS) is 12.2. The zero-order valence-corrected chi connectivity index (χ0v) is 16.5. The maximum atomic E-state index is 6.20. The first-order chi connectivity index (χ1) is 14.7. The highest BCUT2D eigenvalue weighted by molar-refractivity contribution is 5.73. The minimum absolute atomic E-state index is 0.386. The van der Waals surface area contributed by atoms with Crippen LogP contribution in [-0.4, -0.2) is 35.0 Å². The fourth-order valence-corrected chi connectivity index (χ4v) is 3.25. The molecule has 8 heteroatoms. The van der Waals surface area contributed by atoms with Crippen LogP contribution < -0.4 is 4.74 Å². The summed E-state index contributed by atoms with van der Waals surface area (Å²) in [5, 5.41) is 20.3. The number of aromatic nitrogens is 7. The predicted molar refractivity (Wildman–Crippen MR) is 112 cm³/mol. The Morgan fingerprint density at radius 3 is 2.50 bits per heavy atom. The molecule has 30 heavy (non-hydrogen) atoms. The van der Waals surface area contributed by atoms with Crippen LogP contribution in [0.15, 0.2) is 67.0 Å². The van der Waals surface area contributed by atoms with Crippen molar-refractivity contribution >= 4 is 5.65 Å². The number of aryl methyl sites for hydroxylation is 1. The van der Waals surface area contributed by atoms with Crippen molar-refractivity contribution in [2.24, 2.45) is 0 Å². The van der Waals surface area contributed by atoms with Gasteiger partial charge in [-0.15, -0.1) is 15.3 Å². The molecule has 0 saturated heterocycles. The number of rotatable bonds is 5. The second-order valence-electron chi connectivity index (χ2n) is 7.01. The smallest absolute Gasteiger partial charge is 0.240 e. The predicted octanol–water partition coefficient (Wildman–Crippen LogP) is 4.02. The molecule has 0 saturated carbocycles. The molecule has 3 heterocycles. The van der Waals surface area contributed by atoms with Gasteiger partial charge < -0.3 is 4.74 Å². The number of hydrogen-bond acceptors (Lipinski definition) is 6. The lowest BCUT2D eigenvalue weighted by Gasteiger charge is -2.15. The molecule has 1 unspecified atom stereocenters. The van der Waals surface area contributed by atoms with Crippen molar-refractivity contribution in [3.8, 4) is 28.4 Å². The quantitative estimate of drug-likeness (QED) is 0.481. The van der Waals surface area contributed by atoms with Crippen LogP contribution in [0.4, 0.5) is 0 Å². The first-order valence-electron chi connectivity index (χ1n) is 9.60. The Kier molecular flexibility index (Phi) is 4.44. The van der Waals surface area contributed by atoms with E-state index in [4.69, 9.17) is 9.84 Å². The molecule has 0 aliphatic rings. The molecule has 1 N–H and O–H groups in total. The van der Waals surface area contributed by atoms with Gasteiger partial charge in [0.2, 0.25) is 5.88 Å². The Morgan fingerprint density at radius 2 is 1.77 bits per heavy atom. The van der Waals surface area contributed by atoms with E-state index in [1.54, 1.807) is 4.52 Å². The van der Waals surface area contributed by atoms with Gasteiger partial charge in [0.15, 0.2) is 23.4 Å². The lowest BCUT2D eigenvalue weighted by atomic mass is 10.1. The molecular formula is C22H19N7O. The van der Waals surface area contributed by atoms with Gasteiger partial charge in [0.05, 0.1) is 0 Å². The van der Waals surface area contributed by atoms with Gasteiger partial charge in [0.25, 0.3) is 0 Å². The Hall–Kier alpha value is -4.07. The minimum atomic E-state index is -0.386. The molecule has 2 aromatic carbocycles. The van der Waals surface area contributed by atoms with Crippen LogP contribution in [0.3, 0.4) is 0 Å². The number of nitrogens with one attached hydrogen (secondary N) is 1. The summed E-state index contributed by atoms with van der Waals surface area (Å²) < 4.78 is 7.90. The van der Waals surface area contributed by atoms with Gasteiger partial charge in [-0.2, -0.15) is 9.61 Å². The lowest BCUT2D eigenvalue weighted by molar-refractivity contribution is 0.206. The average molecular weight is 397 g/mol. The fraction of sp³-hybridized carbons (Fsp3) is 0.136. The molecule has 1 atom stereocenters. The summed E-state index contributed by atoms with van der Waals surface area (Å²) in [5.41, 5.74) is 4.55. The maximum absolute atomic E-state index is 6.20. The standard InChI is InChI=1S/C22H19N7O/c1-14-8-10-17(11-9-14)21-27-25-19-12-18(16-6-4-3-5-7-16)22(28-29(19)21)30-15(2)20-23-13-24-26-20/h3-13,15H,1-2H3,(H,23,24,26). The highest BCUT2D eigenvalue weighted by Crippen LogP contribution is 2.32. The Morgan fingerprint density at radius 1 is 0.967 bits per heavy atom. The highest BCUT2D eigenvalue weighted by Gasteiger charge is 2.19. The molecule has 0 aliphatic carbocycles. The molecule has 148 valence electrons. The van der Waals surface area contributed by atoms with Gasteiger partial charge in [-0.1, -0.05) is 60.2 Å². The molecular weight excluding hydrogens is 378 g/mol. The molecule has 5 aromatic rings. The number of hydrogen-bond donors (Lipinski definition) is 1. The zero-order valence-electron chi connectivity index (χ0n) is 16.5. The van der Waals surface area contributed by atoms with Gasteiger partial charge in [-0.25, -0.2) is 4.98 Å². The Balaban J connectivity index is 1.65. The summed E-state index contributed by atoms with van der Waals surface area (Å²) in [6, 6.07) is 20.0. The van der Waals surface area contributed by atoms with Crippen molar-refractivity contribution in [2.75, 3.05) is 0 Å². The zero-order chi connectivity index (χ0) is 20.5. The third-order valence-corrected chi connectivity index (χ3v) is 4.84. The van der Waals surface area contributed by atoms with Crippen LogP contribution in [0.25, 0.3) is 28.2 Å². The van der Waals surface area contributed by atoms with E-state index in [0.29, 0.717) is 23.2 Å². The molecule has 8 nitrogen and oxygen atoms in total. The maximum Gasteiger partial charge on any atom is 0.240 e. The van der Waals surface area contributed by atoms with Crippen molar-refractivity contribution in [1.82, 2.24) is 35.0 Å². The van der Waals surface area contributed by atoms with Gasteiger partial charge in [0.1, 0.15) is 6.33 Å². The second kappa shape index (κ2) is 7.40. The Labute approximate surface area is 172 Å². The number of fused-ring (bicyclic) bond motifs is 1. The van der Waals surface area contributed by atoms with E-state index in [-0.39, 0.29) is 6.10 Å². The summed E-state index contributed by atoms with van der Waals surface area (Å²) in [5.74, 6) is 1.66. The SMILES string of the molecule is Cc1ccc(-c2nnc3cc(-c4ccccc4)c(OC(C)c4nc[nH]n4)nn23)cc1. The van der Waals surface area contributed by atoms with Crippen molar-refractivity contribution in [3.63, 3.8) is 0 Å². The summed E-state index contributed by atoms with van der Waals surface area (Å²) >= 11 is 0. The van der Waals surface area contributed by atoms with Gasteiger partial charge in [0, 0.05) is 11.1 Å². The third-order valence-electron chi connectivity index (χ3n) is 4.84. The van der Waals surface area contributed by atoms with E-state index in [9.17, 15) is 0 Å². The summed E-state index contributed by atoms with van der Waals surface area (Å²) in [4.78, 5) is 4.19. The minimum Gasteiger partial charge on any atom is -0.465 e. The highest BCUT2D eigenvalue weighted by atomic mass is 16.5. The molecule has 0 radical (unpaired) electrons. The van der Waals surface area contributed by atoms with Crippen LogP contribution in [0.2, 0.25) is 0 Å². The second-order valence-corrected chi connectivity index (χ2v) is 7.01. The molecule has 0 bridgehead atoms. The van der Waals surface area contributed by atoms with Crippen molar-refractivity contribution in [1.29, 1.82) is 0 Å². The molecule has 0 spiro atoms. The van der Waals surface area contributed by atoms with E-state index in [0.717, 1.165) is 16.7 Å². The number of H-pyrrole nitrogens is 1. The third kappa shape index (κ3) is 3.28. The van der Waals surface area contributed by atoms with E-state index < -0.39 is 0 Å². The van der Waals surface area contributed by atoms with Crippen LogP contribution in [-0.2, 0) is 0 Å². The largest absolute Gasteiger partial charge is 0.465 e. The molecule has 3 aromatic heterocycles. The van der Waals surface area contributed by atoms with E-state index in [1.165, 1.54) is 11.9 Å². The van der Waals surface area contributed by atoms with Crippen LogP contribution in [0.5, 0.6) is 5.88 Å². The first-order valence-corrected chi connectivity index (χ1v) is 9.60. The number of nitrogens with zero attached hydrogens (tertiary/aromatic N) is 6. The summed E-state index contributed by atoms with van der Waals surface area (Å²) in [6.45, 7) is 3.93. The lowest BCUT2D eigenvalue weighted by Crippen LogP contribution is -2.09. The summed E-state index contributed by atoms with van der Waals surface area (Å²) in [7, 11) is 0.